The van der Waals surface area contributed by atoms with Crippen molar-refractivity contribution in [3.8, 4) is 23.0 Å². The molecule has 0 spiro atoms. The van der Waals surface area contributed by atoms with Crippen LogP contribution in [0.1, 0.15) is 82.8 Å². The van der Waals surface area contributed by atoms with Gasteiger partial charge in [0.1, 0.15) is 23.4 Å². The minimum atomic E-state index is -2.06. The van der Waals surface area contributed by atoms with Gasteiger partial charge in [0, 0.05) is 86.7 Å². The summed E-state index contributed by atoms with van der Waals surface area (Å²) in [6, 6.07) is 10.9. The van der Waals surface area contributed by atoms with Crippen LogP contribution in [-0.4, -0.2) is 117 Å². The number of aliphatic hydroxyl groups is 3. The molecule has 5 bridgehead atoms. The molecule has 9 unspecified atom stereocenters. The molecule has 3 aromatic rings. The lowest BCUT2D eigenvalue weighted by molar-refractivity contribution is -0.160. The first kappa shape index (κ1) is 50.5. The number of carbonyl (C=O) groups excluding carboxylic acids is 4. The third-order valence-corrected chi connectivity index (χ3v) is 13.6. The maximum absolute atomic E-state index is 14.7. The van der Waals surface area contributed by atoms with Crippen molar-refractivity contribution in [2.45, 2.75) is 110 Å². The summed E-state index contributed by atoms with van der Waals surface area (Å²) in [6.45, 7) is 12.5. The Balaban J connectivity index is 1.40. The highest BCUT2D eigenvalue weighted by atomic mass is 16.7. The Morgan fingerprint density at radius 2 is 1.60 bits per heavy atom. The molecule has 0 aromatic heterocycles. The molecule has 6 N–H and O–H groups in total. The zero-order valence-corrected chi connectivity index (χ0v) is 39.6. The van der Waals surface area contributed by atoms with Crippen LogP contribution in [0.25, 0.3) is 10.8 Å². The van der Waals surface area contributed by atoms with Crippen LogP contribution in [0.5, 0.6) is 23.0 Å². The van der Waals surface area contributed by atoms with Crippen LogP contribution in [0.3, 0.4) is 0 Å². The number of nitrogens with zero attached hydrogens (tertiary/aromatic N) is 1. The van der Waals surface area contributed by atoms with Gasteiger partial charge in [0.15, 0.2) is 12.4 Å². The average molecular weight is 929 g/mol. The number of nitrogens with one attached hydrogen (secondary N) is 1. The summed E-state index contributed by atoms with van der Waals surface area (Å²) >= 11 is 0. The largest absolute Gasteiger partial charge is 0.507 e. The number of piperidine rings is 1. The number of fused-ring (bicyclic) bond motifs is 14. The molecule has 7 rings (SSSR count). The van der Waals surface area contributed by atoms with Crippen LogP contribution in [-0.2, 0) is 35.0 Å². The summed E-state index contributed by atoms with van der Waals surface area (Å²) < 4.78 is 30.0. The van der Waals surface area contributed by atoms with Crippen LogP contribution in [0.2, 0.25) is 0 Å². The van der Waals surface area contributed by atoms with Crippen molar-refractivity contribution in [1.29, 1.82) is 0 Å². The van der Waals surface area contributed by atoms with Gasteiger partial charge in [-0.2, -0.15) is 0 Å². The molecule has 16 nitrogen and oxygen atoms in total. The smallest absolute Gasteiger partial charge is 0.312 e. The molecule has 362 valence electrons. The Labute approximate surface area is 390 Å². The summed E-state index contributed by atoms with van der Waals surface area (Å²) in [5, 5.41) is 60.2. The van der Waals surface area contributed by atoms with Crippen LogP contribution in [0, 0.1) is 30.6 Å². The summed E-state index contributed by atoms with van der Waals surface area (Å²) in [4.78, 5) is 56.1. The minimum Gasteiger partial charge on any atom is -0.507 e. The Kier molecular flexibility index (Phi) is 15.5. The fourth-order valence-corrected chi connectivity index (χ4v) is 9.30. The maximum atomic E-state index is 14.7. The topological polar surface area (TPSA) is 231 Å². The number of amides is 2. The SMILES string of the molecule is COC1C=COC2(C)Oc3c(C)c(O)c4c(O)c(cc(OCC(=O)N5CCC(O)(Cc6ccccc6)CC5)c4c3C2=O)NC(=O)C(C)=CC=CC(C)C(O)C(C)C(O)C(C)C(OC(C)=O)C1C. The van der Waals surface area contributed by atoms with Gasteiger partial charge in [0.25, 0.3) is 17.6 Å². The predicted molar refractivity (Wildman–Crippen MR) is 249 cm³/mol. The number of anilines is 1. The summed E-state index contributed by atoms with van der Waals surface area (Å²) in [5.41, 5.74) is -0.128. The standard InChI is InChI=1S/C51H64N2O14/c1-27-14-13-15-28(2)49(61)52-35-24-37(64-26-38(55)53-21-19-51(62,20-22-53)25-34-16-11-10-12-17-34)39-40(45(35)59)44(58)32(6)47-41(39)48(60)50(8,67-47)65-23-18-36(63-9)29(3)46(66-33(7)54)31(5)43(57)30(4)42(27)56/h10-18,23-24,27,29-31,36,42-43,46,56-59,62H,19-22,25-26H2,1-9H3,(H,52,61). The van der Waals surface area contributed by atoms with E-state index in [-0.39, 0.29) is 57.7 Å². The van der Waals surface area contributed by atoms with Gasteiger partial charge in [-0.1, -0.05) is 76.3 Å². The zero-order valence-electron chi connectivity index (χ0n) is 39.6. The highest BCUT2D eigenvalue weighted by Crippen LogP contribution is 2.54. The van der Waals surface area contributed by atoms with Crippen molar-refractivity contribution in [3.63, 3.8) is 0 Å². The Bertz CT molecular complexity index is 2440. The number of allylic oxidation sites excluding steroid dienone is 2. The van der Waals surface area contributed by atoms with Gasteiger partial charge in [-0.25, -0.2) is 0 Å². The van der Waals surface area contributed by atoms with Crippen LogP contribution in [0.4, 0.5) is 5.69 Å². The first-order chi connectivity index (χ1) is 31.6. The molecule has 4 heterocycles. The van der Waals surface area contributed by atoms with E-state index in [1.807, 2.05) is 30.3 Å². The van der Waals surface area contributed by atoms with Crippen molar-refractivity contribution in [2.75, 3.05) is 32.1 Å². The molecule has 9 atom stereocenters. The molecule has 0 aliphatic carbocycles. The second kappa shape index (κ2) is 20.5. The molecule has 0 radical (unpaired) electrons. The Morgan fingerprint density at radius 3 is 2.24 bits per heavy atom. The number of phenols is 2. The number of ketones is 1. The monoisotopic (exact) mass is 928 g/mol. The number of hydrogen-bond donors (Lipinski definition) is 6. The van der Waals surface area contributed by atoms with E-state index in [0.29, 0.717) is 19.3 Å². The molecular formula is C51H64N2O14. The van der Waals surface area contributed by atoms with E-state index in [1.54, 1.807) is 44.7 Å². The number of benzene rings is 3. The number of methoxy groups -OCH3 is 1. The van der Waals surface area contributed by atoms with E-state index in [1.165, 1.54) is 59.3 Å². The number of Topliss-reactive ketones (excluding diaryl/α,β-unsaturated/α-hetero) is 1. The fourth-order valence-electron chi connectivity index (χ4n) is 9.30. The summed E-state index contributed by atoms with van der Waals surface area (Å²) in [6.07, 6.45) is 4.59. The van der Waals surface area contributed by atoms with E-state index < -0.39 is 101 Å². The zero-order chi connectivity index (χ0) is 49.1. The van der Waals surface area contributed by atoms with Gasteiger partial charge in [-0.05, 0) is 38.3 Å². The number of aliphatic hydroxyl groups excluding tert-OH is 2. The molecule has 4 aliphatic rings. The van der Waals surface area contributed by atoms with E-state index >= 15 is 0 Å². The van der Waals surface area contributed by atoms with Crippen molar-refractivity contribution in [3.05, 3.63) is 89.2 Å². The Hall–Kier alpha value is -5.94. The number of esters is 1. The molecule has 4 aliphatic heterocycles. The highest BCUT2D eigenvalue weighted by Gasteiger charge is 2.50. The molecule has 1 saturated heterocycles. The second-order valence-corrected chi connectivity index (χ2v) is 18.5. The van der Waals surface area contributed by atoms with Gasteiger partial charge in [-0.3, -0.25) is 19.2 Å². The van der Waals surface area contributed by atoms with Gasteiger partial charge in [-0.15, -0.1) is 0 Å². The lowest BCUT2D eigenvalue weighted by Crippen LogP contribution is -2.48. The Morgan fingerprint density at radius 1 is 0.925 bits per heavy atom. The number of hydrogen-bond acceptors (Lipinski definition) is 14. The van der Waals surface area contributed by atoms with Crippen molar-refractivity contribution in [2.24, 2.45) is 23.7 Å². The van der Waals surface area contributed by atoms with Crippen molar-refractivity contribution < 1.29 is 68.4 Å². The molecule has 67 heavy (non-hydrogen) atoms. The number of carbonyl (C=O) groups is 4. The highest BCUT2D eigenvalue weighted by molar-refractivity contribution is 6.21. The third kappa shape index (κ3) is 10.6. The van der Waals surface area contributed by atoms with Gasteiger partial charge in [0.2, 0.25) is 0 Å². The number of aromatic hydroxyl groups is 2. The van der Waals surface area contributed by atoms with E-state index in [0.717, 1.165) is 5.56 Å². The van der Waals surface area contributed by atoms with Crippen molar-refractivity contribution >= 4 is 40.0 Å². The molecular weight excluding hydrogens is 865 g/mol. The number of phenolic OH excluding ortho intramolecular Hbond substituents is 2. The van der Waals surface area contributed by atoms with Crippen molar-refractivity contribution in [1.82, 2.24) is 4.90 Å². The molecule has 3 aromatic carbocycles. The van der Waals surface area contributed by atoms with Crippen LogP contribution in [0.15, 0.2) is 72.5 Å². The van der Waals surface area contributed by atoms with Gasteiger partial charge in [0.05, 0.1) is 46.8 Å². The minimum absolute atomic E-state index is 0.0571. The normalized spacial score (nSPS) is 28.1. The van der Waals surface area contributed by atoms with E-state index in [9.17, 15) is 44.7 Å². The van der Waals surface area contributed by atoms with Crippen LogP contribution < -0.4 is 14.8 Å². The lowest BCUT2D eigenvalue weighted by Gasteiger charge is -2.38. The third-order valence-electron chi connectivity index (χ3n) is 13.6. The first-order valence-corrected chi connectivity index (χ1v) is 22.6. The molecule has 2 amide bonds. The molecule has 0 saturated carbocycles. The maximum Gasteiger partial charge on any atom is 0.312 e. The van der Waals surface area contributed by atoms with E-state index in [4.69, 9.17) is 23.7 Å². The number of ether oxygens (including phenoxy) is 5. The molecule has 1 fully saturated rings. The second-order valence-electron chi connectivity index (χ2n) is 18.5. The lowest BCUT2D eigenvalue weighted by atomic mass is 9.78. The molecule has 16 heteroatoms. The summed E-state index contributed by atoms with van der Waals surface area (Å²) in [7, 11) is 1.43. The average Bonchev–Trinajstić information content (AvgIpc) is 3.56. The number of rotatable bonds is 7. The fraction of sp³-hybridized carbons (Fsp3) is 0.490. The van der Waals surface area contributed by atoms with Gasteiger partial charge >= 0.3 is 11.8 Å². The summed E-state index contributed by atoms with van der Waals surface area (Å²) in [5.74, 6) is -8.34. The quantitative estimate of drug-likeness (QED) is 0.118. The number of likely N-dealkylation sites (tertiary alicyclic amines) is 1. The van der Waals surface area contributed by atoms with E-state index in [2.05, 4.69) is 5.32 Å². The van der Waals surface area contributed by atoms with Gasteiger partial charge < -0.3 is 59.4 Å². The predicted octanol–water partition coefficient (Wildman–Crippen LogP) is 6.02. The first-order valence-electron chi connectivity index (χ1n) is 22.6. The van der Waals surface area contributed by atoms with Crippen LogP contribution >= 0.6 is 0 Å².